The average molecular weight is 310 g/mol. The van der Waals surface area contributed by atoms with Gasteiger partial charge in [0, 0.05) is 29.5 Å². The van der Waals surface area contributed by atoms with E-state index in [2.05, 4.69) is 27.1 Å². The van der Waals surface area contributed by atoms with E-state index in [0.717, 1.165) is 48.7 Å². The molecule has 2 aliphatic rings. The summed E-state index contributed by atoms with van der Waals surface area (Å²) in [4.78, 5) is 16.7. The molecule has 1 aliphatic heterocycles. The van der Waals surface area contributed by atoms with Gasteiger partial charge in [0.05, 0.1) is 12.0 Å². The molecule has 2 atom stereocenters. The molecule has 2 aromatic rings. The first-order valence-electron chi connectivity index (χ1n) is 8.22. The summed E-state index contributed by atoms with van der Waals surface area (Å²) >= 11 is 0. The maximum absolute atomic E-state index is 12.4. The first kappa shape index (κ1) is 14.5. The molecule has 1 aromatic heterocycles. The number of aryl methyl sites for hydroxylation is 1. The maximum Gasteiger partial charge on any atom is 0.228 e. The van der Waals surface area contributed by atoms with Gasteiger partial charge in [0.2, 0.25) is 5.91 Å². The summed E-state index contributed by atoms with van der Waals surface area (Å²) in [5.74, 6) is 0.340. The van der Waals surface area contributed by atoms with Crippen molar-refractivity contribution in [1.82, 2.24) is 14.9 Å². The van der Waals surface area contributed by atoms with Crippen molar-refractivity contribution in [3.8, 4) is 5.69 Å². The maximum atomic E-state index is 12.4. The Morgan fingerprint density at radius 1 is 1.35 bits per heavy atom. The van der Waals surface area contributed by atoms with E-state index in [-0.39, 0.29) is 17.2 Å². The summed E-state index contributed by atoms with van der Waals surface area (Å²) in [5, 5.41) is 6.43. The molecule has 0 bridgehead atoms. The molecule has 4 rings (SSSR count). The van der Waals surface area contributed by atoms with Crippen LogP contribution < -0.4 is 10.6 Å². The second-order valence-corrected chi connectivity index (χ2v) is 6.87. The lowest BCUT2D eigenvalue weighted by molar-refractivity contribution is -0.118. The summed E-state index contributed by atoms with van der Waals surface area (Å²) < 4.78 is 2.06. The molecule has 1 saturated carbocycles. The van der Waals surface area contributed by atoms with E-state index < -0.39 is 0 Å². The van der Waals surface area contributed by atoms with Crippen molar-refractivity contribution in [2.75, 3.05) is 18.4 Å². The summed E-state index contributed by atoms with van der Waals surface area (Å²) in [7, 11) is 0. The molecule has 1 spiro atoms. The Kier molecular flexibility index (Phi) is 3.27. The number of hydrogen-bond donors (Lipinski definition) is 2. The molecule has 2 unspecified atom stereocenters. The van der Waals surface area contributed by atoms with Crippen molar-refractivity contribution in [3.05, 3.63) is 42.0 Å². The molecule has 2 N–H and O–H groups in total. The molecule has 5 nitrogen and oxygen atoms in total. The molecule has 1 amide bonds. The van der Waals surface area contributed by atoms with Crippen LogP contribution in [0.2, 0.25) is 0 Å². The van der Waals surface area contributed by atoms with Gasteiger partial charge in [0.25, 0.3) is 0 Å². The van der Waals surface area contributed by atoms with E-state index in [1.54, 1.807) is 0 Å². The zero-order valence-corrected chi connectivity index (χ0v) is 13.6. The van der Waals surface area contributed by atoms with Crippen LogP contribution in [0.25, 0.3) is 5.69 Å². The van der Waals surface area contributed by atoms with Crippen molar-refractivity contribution in [2.45, 2.75) is 26.7 Å². The quantitative estimate of drug-likeness (QED) is 0.915. The average Bonchev–Trinajstić information content (AvgIpc) is 2.86. The summed E-state index contributed by atoms with van der Waals surface area (Å²) in [6.45, 7) is 6.09. The van der Waals surface area contributed by atoms with Crippen LogP contribution in [0, 0.1) is 25.2 Å². The zero-order chi connectivity index (χ0) is 16.0. The number of imidazole rings is 1. The van der Waals surface area contributed by atoms with Crippen LogP contribution in [0.4, 0.5) is 5.69 Å². The van der Waals surface area contributed by atoms with E-state index in [4.69, 9.17) is 0 Å². The van der Waals surface area contributed by atoms with E-state index >= 15 is 0 Å². The van der Waals surface area contributed by atoms with E-state index in [1.165, 1.54) is 0 Å². The van der Waals surface area contributed by atoms with Crippen molar-refractivity contribution < 1.29 is 4.79 Å². The zero-order valence-electron chi connectivity index (χ0n) is 13.6. The number of nitrogens with one attached hydrogen (secondary N) is 2. The van der Waals surface area contributed by atoms with Gasteiger partial charge in [-0.1, -0.05) is 0 Å². The molecular weight excluding hydrogens is 288 g/mol. The number of anilines is 1. The Balaban J connectivity index is 1.45. The number of hydrogen-bond acceptors (Lipinski definition) is 3. The van der Waals surface area contributed by atoms with Gasteiger partial charge in [-0.3, -0.25) is 4.79 Å². The molecule has 1 saturated heterocycles. The fraction of sp³-hybridized carbons (Fsp3) is 0.444. The third-order valence-electron chi connectivity index (χ3n) is 5.45. The van der Waals surface area contributed by atoms with Gasteiger partial charge in [-0.05, 0) is 62.9 Å². The van der Waals surface area contributed by atoms with Crippen molar-refractivity contribution >= 4 is 11.6 Å². The van der Waals surface area contributed by atoms with E-state index in [0.29, 0.717) is 0 Å². The Morgan fingerprint density at radius 3 is 2.74 bits per heavy atom. The second kappa shape index (κ2) is 5.20. The number of aromatic nitrogens is 2. The topological polar surface area (TPSA) is 59.0 Å². The summed E-state index contributed by atoms with van der Waals surface area (Å²) in [5.41, 5.74) is 4.34. The van der Waals surface area contributed by atoms with Crippen LogP contribution in [0.5, 0.6) is 0 Å². The number of benzene rings is 1. The van der Waals surface area contributed by atoms with E-state index in [9.17, 15) is 4.79 Å². The van der Waals surface area contributed by atoms with Gasteiger partial charge in [-0.25, -0.2) is 4.98 Å². The Labute approximate surface area is 136 Å². The standard InChI is InChI=1S/C18H22N4O/c1-12-13(2)22(11-20-12)15-5-3-14(4-6-15)21-17(23)16-9-18(16)7-8-19-10-18/h3-6,11,16,19H,7-10H2,1-2H3,(H,21,23). The number of rotatable bonds is 3. The number of amides is 1. The Morgan fingerprint density at radius 2 is 2.13 bits per heavy atom. The first-order valence-corrected chi connectivity index (χ1v) is 8.22. The molecule has 0 radical (unpaired) electrons. The highest BCUT2D eigenvalue weighted by atomic mass is 16.2. The molecule has 5 heteroatoms. The molecule has 2 fully saturated rings. The monoisotopic (exact) mass is 310 g/mol. The lowest BCUT2D eigenvalue weighted by Gasteiger charge is -2.10. The first-order chi connectivity index (χ1) is 11.1. The third-order valence-corrected chi connectivity index (χ3v) is 5.45. The van der Waals surface area contributed by atoms with Crippen LogP contribution in [-0.4, -0.2) is 28.5 Å². The van der Waals surface area contributed by atoms with Crippen LogP contribution in [-0.2, 0) is 4.79 Å². The fourth-order valence-electron chi connectivity index (χ4n) is 3.65. The van der Waals surface area contributed by atoms with Crippen molar-refractivity contribution in [3.63, 3.8) is 0 Å². The fourth-order valence-corrected chi connectivity index (χ4v) is 3.65. The highest BCUT2D eigenvalue weighted by Crippen LogP contribution is 2.56. The smallest absolute Gasteiger partial charge is 0.228 e. The SMILES string of the molecule is Cc1ncn(-c2ccc(NC(=O)C3CC34CCNC4)cc2)c1C. The number of carbonyl (C=O) groups excluding carboxylic acids is 1. The predicted molar refractivity (Wildman–Crippen MR) is 89.7 cm³/mol. The van der Waals surface area contributed by atoms with Gasteiger partial charge in [0.15, 0.2) is 0 Å². The molecule has 120 valence electrons. The highest BCUT2D eigenvalue weighted by Gasteiger charge is 2.58. The number of carbonyl (C=O) groups is 1. The van der Waals surface area contributed by atoms with Crippen LogP contribution >= 0.6 is 0 Å². The minimum absolute atomic E-state index is 0.163. The molecule has 1 aromatic carbocycles. The van der Waals surface area contributed by atoms with Crippen LogP contribution in [0.3, 0.4) is 0 Å². The van der Waals surface area contributed by atoms with Gasteiger partial charge in [0.1, 0.15) is 0 Å². The highest BCUT2D eigenvalue weighted by molar-refractivity contribution is 5.95. The molecule has 23 heavy (non-hydrogen) atoms. The Bertz CT molecular complexity index is 741. The lowest BCUT2D eigenvalue weighted by Crippen LogP contribution is -2.20. The molecule has 2 heterocycles. The normalized spacial score (nSPS) is 25.7. The van der Waals surface area contributed by atoms with Crippen LogP contribution in [0.15, 0.2) is 30.6 Å². The van der Waals surface area contributed by atoms with E-state index in [1.807, 2.05) is 37.5 Å². The van der Waals surface area contributed by atoms with Crippen molar-refractivity contribution in [2.24, 2.45) is 11.3 Å². The van der Waals surface area contributed by atoms with Gasteiger partial charge in [-0.2, -0.15) is 0 Å². The third kappa shape index (κ3) is 2.45. The Hall–Kier alpha value is -2.14. The summed E-state index contributed by atoms with van der Waals surface area (Å²) in [6.07, 6.45) is 3.99. The van der Waals surface area contributed by atoms with Gasteiger partial charge < -0.3 is 15.2 Å². The van der Waals surface area contributed by atoms with Crippen LogP contribution in [0.1, 0.15) is 24.2 Å². The molecular formula is C18H22N4O. The minimum atomic E-state index is 0.163. The van der Waals surface area contributed by atoms with Gasteiger partial charge >= 0.3 is 0 Å². The lowest BCUT2D eigenvalue weighted by atomic mass is 10.0. The molecule has 1 aliphatic carbocycles. The van der Waals surface area contributed by atoms with Crippen molar-refractivity contribution in [1.29, 1.82) is 0 Å². The second-order valence-electron chi connectivity index (χ2n) is 6.87. The summed E-state index contributed by atoms with van der Waals surface area (Å²) in [6, 6.07) is 7.96. The predicted octanol–water partition coefficient (Wildman–Crippen LogP) is 2.43. The largest absolute Gasteiger partial charge is 0.326 e. The minimum Gasteiger partial charge on any atom is -0.326 e. The number of nitrogens with zero attached hydrogens (tertiary/aromatic N) is 2. The van der Waals surface area contributed by atoms with Gasteiger partial charge in [-0.15, -0.1) is 0 Å².